The van der Waals surface area contributed by atoms with Crippen molar-refractivity contribution in [2.75, 3.05) is 0 Å². The fraction of sp³-hybridized carbons (Fsp3) is 0. The van der Waals surface area contributed by atoms with E-state index in [1.165, 1.54) is 12.1 Å². The van der Waals surface area contributed by atoms with Crippen LogP contribution in [-0.2, 0) is 0 Å². The maximum atomic E-state index is 10.9. The van der Waals surface area contributed by atoms with Crippen LogP contribution in [0.25, 0.3) is 0 Å². The number of para-hydroxylation sites is 1. The maximum Gasteiger partial charge on any atom is 0.335 e. The van der Waals surface area contributed by atoms with Crippen molar-refractivity contribution in [2.24, 2.45) is 0 Å². The van der Waals surface area contributed by atoms with Crippen LogP contribution in [0, 0.1) is 11.3 Å². The summed E-state index contributed by atoms with van der Waals surface area (Å²) in [6.45, 7) is 0. The number of hydrogen-bond acceptors (Lipinski definition) is 4. The number of hydrogen-bond donors (Lipinski definition) is 1. The molecule has 2 rings (SSSR count). The second kappa shape index (κ2) is 5.38. The van der Waals surface area contributed by atoms with Crippen LogP contribution in [0.2, 0.25) is 5.15 Å². The van der Waals surface area contributed by atoms with E-state index >= 15 is 0 Å². The molecule has 0 unspecified atom stereocenters. The molecule has 94 valence electrons. The van der Waals surface area contributed by atoms with Gasteiger partial charge in [-0.1, -0.05) is 23.7 Å². The first-order valence-corrected chi connectivity index (χ1v) is 5.56. The Morgan fingerprint density at radius 1 is 1.37 bits per heavy atom. The van der Waals surface area contributed by atoms with E-state index in [1.54, 1.807) is 24.3 Å². The smallest absolute Gasteiger partial charge is 0.335 e. The molecule has 0 aliphatic carbocycles. The number of carbonyl (C=O) groups is 1. The van der Waals surface area contributed by atoms with Gasteiger partial charge in [-0.15, -0.1) is 0 Å². The third-order valence-corrected chi connectivity index (χ3v) is 2.43. The normalized spacial score (nSPS) is 9.68. The highest BCUT2D eigenvalue weighted by Crippen LogP contribution is 2.25. The summed E-state index contributed by atoms with van der Waals surface area (Å²) in [4.78, 5) is 14.7. The lowest BCUT2D eigenvalue weighted by atomic mass is 10.2. The fourth-order valence-corrected chi connectivity index (χ4v) is 1.61. The highest BCUT2D eigenvalue weighted by atomic mass is 35.5. The molecule has 19 heavy (non-hydrogen) atoms. The van der Waals surface area contributed by atoms with Crippen LogP contribution in [0.15, 0.2) is 36.4 Å². The Morgan fingerprint density at radius 2 is 2.11 bits per heavy atom. The molecule has 0 atom stereocenters. The SMILES string of the molecule is N#Cc1ccccc1Oc1cc(C(=O)O)cc(Cl)n1. The highest BCUT2D eigenvalue weighted by molar-refractivity contribution is 6.29. The van der Waals surface area contributed by atoms with Crippen LogP contribution in [0.1, 0.15) is 15.9 Å². The number of nitriles is 1. The summed E-state index contributed by atoms with van der Waals surface area (Å²) < 4.78 is 5.39. The predicted octanol–water partition coefficient (Wildman–Crippen LogP) is 3.10. The summed E-state index contributed by atoms with van der Waals surface area (Å²) in [5.41, 5.74) is 0.283. The van der Waals surface area contributed by atoms with Gasteiger partial charge in [0.15, 0.2) is 0 Å². The quantitative estimate of drug-likeness (QED) is 0.870. The molecule has 1 heterocycles. The van der Waals surface area contributed by atoms with E-state index < -0.39 is 5.97 Å². The number of pyridine rings is 1. The van der Waals surface area contributed by atoms with Crippen molar-refractivity contribution in [1.82, 2.24) is 4.98 Å². The molecule has 0 saturated heterocycles. The topological polar surface area (TPSA) is 83.2 Å². The zero-order chi connectivity index (χ0) is 13.8. The van der Waals surface area contributed by atoms with Gasteiger partial charge in [-0.05, 0) is 18.2 Å². The summed E-state index contributed by atoms with van der Waals surface area (Å²) in [6.07, 6.45) is 0. The van der Waals surface area contributed by atoms with Gasteiger partial charge in [-0.2, -0.15) is 5.26 Å². The molecule has 2 aromatic rings. The third kappa shape index (κ3) is 3.00. The van der Waals surface area contributed by atoms with Crippen LogP contribution in [0.5, 0.6) is 11.6 Å². The molecule has 1 aromatic heterocycles. The molecule has 1 aromatic carbocycles. The Bertz CT molecular complexity index is 680. The van der Waals surface area contributed by atoms with Crippen LogP contribution in [0.3, 0.4) is 0 Å². The van der Waals surface area contributed by atoms with Crippen LogP contribution in [0.4, 0.5) is 0 Å². The van der Waals surface area contributed by atoms with Crippen LogP contribution in [-0.4, -0.2) is 16.1 Å². The van der Waals surface area contributed by atoms with E-state index in [2.05, 4.69) is 4.98 Å². The van der Waals surface area contributed by atoms with Crippen LogP contribution >= 0.6 is 11.6 Å². The van der Waals surface area contributed by atoms with E-state index in [4.69, 9.17) is 26.7 Å². The Morgan fingerprint density at radius 3 is 2.79 bits per heavy atom. The second-order valence-electron chi connectivity index (χ2n) is 3.53. The predicted molar refractivity (Wildman–Crippen MR) is 67.4 cm³/mol. The zero-order valence-electron chi connectivity index (χ0n) is 9.50. The Balaban J connectivity index is 2.39. The Kier molecular flexibility index (Phi) is 3.64. The molecule has 6 heteroatoms. The molecule has 0 radical (unpaired) electrons. The molecule has 0 bridgehead atoms. The fourth-order valence-electron chi connectivity index (χ4n) is 1.41. The van der Waals surface area contributed by atoms with E-state index in [0.717, 1.165) is 0 Å². The van der Waals surface area contributed by atoms with Crippen molar-refractivity contribution in [1.29, 1.82) is 5.26 Å². The van der Waals surface area contributed by atoms with Crippen molar-refractivity contribution < 1.29 is 14.6 Å². The second-order valence-corrected chi connectivity index (χ2v) is 3.92. The lowest BCUT2D eigenvalue weighted by Crippen LogP contribution is -1.99. The van der Waals surface area contributed by atoms with Crippen molar-refractivity contribution in [3.05, 3.63) is 52.7 Å². The minimum absolute atomic E-state index is 0.00402. The number of rotatable bonds is 3. The van der Waals surface area contributed by atoms with Gasteiger partial charge in [-0.3, -0.25) is 0 Å². The van der Waals surface area contributed by atoms with Gasteiger partial charge in [0.05, 0.1) is 11.1 Å². The number of halogens is 1. The van der Waals surface area contributed by atoms with Crippen molar-refractivity contribution in [3.63, 3.8) is 0 Å². The molecule has 1 N–H and O–H groups in total. The summed E-state index contributed by atoms with van der Waals surface area (Å²) in [5.74, 6) is -0.827. The van der Waals surface area contributed by atoms with Gasteiger partial charge in [0.25, 0.3) is 0 Å². The number of ether oxygens (including phenoxy) is 1. The molecular weight excluding hydrogens is 268 g/mol. The number of carboxylic acids is 1. The number of aromatic nitrogens is 1. The molecule has 0 spiro atoms. The van der Waals surface area contributed by atoms with Crippen LogP contribution < -0.4 is 4.74 Å². The Labute approximate surface area is 113 Å². The molecule has 0 aliphatic rings. The molecule has 5 nitrogen and oxygen atoms in total. The van der Waals surface area contributed by atoms with E-state index in [-0.39, 0.29) is 22.3 Å². The molecule has 0 aliphatic heterocycles. The van der Waals surface area contributed by atoms with Gasteiger partial charge in [0, 0.05) is 6.07 Å². The average molecular weight is 275 g/mol. The van der Waals surface area contributed by atoms with Crippen molar-refractivity contribution >= 4 is 17.6 Å². The Hall–Kier alpha value is -2.58. The van der Waals surface area contributed by atoms with Crippen molar-refractivity contribution in [3.8, 4) is 17.7 Å². The first kappa shape index (κ1) is 12.9. The van der Waals surface area contributed by atoms with E-state index in [1.807, 2.05) is 6.07 Å². The first-order chi connectivity index (χ1) is 9.10. The number of nitrogens with zero attached hydrogens (tertiary/aromatic N) is 2. The lowest BCUT2D eigenvalue weighted by Gasteiger charge is -2.07. The monoisotopic (exact) mass is 274 g/mol. The molecular formula is C13H7ClN2O3. The first-order valence-electron chi connectivity index (χ1n) is 5.18. The standard InChI is InChI=1S/C13H7ClN2O3/c14-11-5-9(13(17)18)6-12(16-11)19-10-4-2-1-3-8(10)7-15/h1-6H,(H,17,18). The summed E-state index contributed by atoms with van der Waals surface area (Å²) in [5, 5.41) is 17.8. The van der Waals surface area contributed by atoms with Gasteiger partial charge < -0.3 is 9.84 Å². The molecule has 0 amide bonds. The average Bonchev–Trinajstić information content (AvgIpc) is 2.38. The van der Waals surface area contributed by atoms with Gasteiger partial charge in [0.2, 0.25) is 5.88 Å². The maximum absolute atomic E-state index is 10.9. The number of carboxylic acid groups (broad SMARTS) is 1. The number of benzene rings is 1. The minimum Gasteiger partial charge on any atom is -0.478 e. The molecule has 0 fully saturated rings. The van der Waals surface area contributed by atoms with Crippen molar-refractivity contribution in [2.45, 2.75) is 0 Å². The highest BCUT2D eigenvalue weighted by Gasteiger charge is 2.10. The van der Waals surface area contributed by atoms with E-state index in [0.29, 0.717) is 5.56 Å². The third-order valence-electron chi connectivity index (χ3n) is 2.24. The number of aromatic carboxylic acids is 1. The summed E-state index contributed by atoms with van der Waals surface area (Å²) in [6, 6.07) is 11.0. The van der Waals surface area contributed by atoms with Gasteiger partial charge >= 0.3 is 5.97 Å². The van der Waals surface area contributed by atoms with E-state index in [9.17, 15) is 4.79 Å². The summed E-state index contributed by atoms with van der Waals surface area (Å²) >= 11 is 5.71. The largest absolute Gasteiger partial charge is 0.478 e. The van der Waals surface area contributed by atoms with Gasteiger partial charge in [0.1, 0.15) is 17.0 Å². The van der Waals surface area contributed by atoms with Gasteiger partial charge in [-0.25, -0.2) is 9.78 Å². The summed E-state index contributed by atoms with van der Waals surface area (Å²) in [7, 11) is 0. The molecule has 0 saturated carbocycles. The zero-order valence-corrected chi connectivity index (χ0v) is 10.3. The lowest BCUT2D eigenvalue weighted by molar-refractivity contribution is 0.0696. The minimum atomic E-state index is -1.14.